The molecule has 0 atom stereocenters. The lowest BCUT2D eigenvalue weighted by Gasteiger charge is -2.00. The molecule has 0 spiro atoms. The Kier molecular flexibility index (Phi) is 4.36. The van der Waals surface area contributed by atoms with Crippen molar-refractivity contribution in [3.8, 4) is 0 Å². The molecular formula is C11H11Br2N3O2. The van der Waals surface area contributed by atoms with Gasteiger partial charge in [0, 0.05) is 4.47 Å². The van der Waals surface area contributed by atoms with E-state index in [2.05, 4.69) is 37.0 Å². The zero-order valence-corrected chi connectivity index (χ0v) is 12.6. The molecule has 0 bridgehead atoms. The molecule has 1 N–H and O–H groups in total. The molecule has 0 radical (unpaired) electrons. The van der Waals surface area contributed by atoms with E-state index in [1.165, 1.54) is 9.25 Å². The Balaban J connectivity index is 2.27. The van der Waals surface area contributed by atoms with Crippen LogP contribution in [0.3, 0.4) is 0 Å². The molecule has 1 heterocycles. The lowest BCUT2D eigenvalue weighted by Crippen LogP contribution is -2.26. The lowest BCUT2D eigenvalue weighted by atomic mass is 10.2. The number of aliphatic hydroxyl groups excluding tert-OH is 1. The molecule has 0 unspecified atom stereocenters. The van der Waals surface area contributed by atoms with Gasteiger partial charge in [-0.1, -0.05) is 28.1 Å². The van der Waals surface area contributed by atoms with Gasteiger partial charge in [0.1, 0.15) is 0 Å². The number of nitrogens with zero attached hydrogens (tertiary/aromatic N) is 3. The first-order chi connectivity index (χ1) is 8.61. The molecule has 1 aromatic carbocycles. The first-order valence-corrected chi connectivity index (χ1v) is 6.89. The van der Waals surface area contributed by atoms with Crippen molar-refractivity contribution in [2.75, 3.05) is 6.61 Å². The molecule has 96 valence electrons. The molecule has 2 rings (SSSR count). The van der Waals surface area contributed by atoms with Crippen molar-refractivity contribution in [3.63, 3.8) is 0 Å². The molecule has 7 heteroatoms. The molecule has 18 heavy (non-hydrogen) atoms. The van der Waals surface area contributed by atoms with E-state index in [-0.39, 0.29) is 18.8 Å². The Hall–Kier alpha value is -0.920. The normalized spacial score (nSPS) is 10.8. The summed E-state index contributed by atoms with van der Waals surface area (Å²) in [7, 11) is 0. The SMILES string of the molecule is O=c1n(Cc2ccc(Br)cc2)nc(Br)n1CCO. The monoisotopic (exact) mass is 375 g/mol. The maximum atomic E-state index is 12.0. The minimum absolute atomic E-state index is 0.0948. The summed E-state index contributed by atoms with van der Waals surface area (Å²) in [5.74, 6) is 0. The molecule has 5 nitrogen and oxygen atoms in total. The molecule has 0 aliphatic rings. The van der Waals surface area contributed by atoms with Gasteiger partial charge in [-0.15, -0.1) is 5.10 Å². The Morgan fingerprint density at radius 2 is 1.89 bits per heavy atom. The maximum Gasteiger partial charge on any atom is 0.347 e. The van der Waals surface area contributed by atoms with Crippen LogP contribution < -0.4 is 5.69 Å². The number of hydrogen-bond donors (Lipinski definition) is 1. The number of aliphatic hydroxyl groups is 1. The second kappa shape index (κ2) is 5.81. The Morgan fingerprint density at radius 1 is 1.22 bits per heavy atom. The van der Waals surface area contributed by atoms with Crippen LogP contribution in [0.2, 0.25) is 0 Å². The highest BCUT2D eigenvalue weighted by molar-refractivity contribution is 9.10. The third kappa shape index (κ3) is 2.90. The van der Waals surface area contributed by atoms with Crippen LogP contribution in [0.4, 0.5) is 0 Å². The van der Waals surface area contributed by atoms with Crippen LogP contribution in [0.1, 0.15) is 5.56 Å². The minimum Gasteiger partial charge on any atom is -0.395 e. The summed E-state index contributed by atoms with van der Waals surface area (Å²) in [6.07, 6.45) is 0. The lowest BCUT2D eigenvalue weighted by molar-refractivity contribution is 0.272. The van der Waals surface area contributed by atoms with E-state index in [9.17, 15) is 4.79 Å². The van der Waals surface area contributed by atoms with Crippen molar-refractivity contribution >= 4 is 31.9 Å². The summed E-state index contributed by atoms with van der Waals surface area (Å²) >= 11 is 6.56. The van der Waals surface area contributed by atoms with Crippen molar-refractivity contribution in [2.24, 2.45) is 0 Å². The number of rotatable bonds is 4. The topological polar surface area (TPSA) is 60.0 Å². The predicted octanol–water partition coefficient (Wildman–Crippen LogP) is 1.61. The zero-order valence-electron chi connectivity index (χ0n) is 9.38. The smallest absolute Gasteiger partial charge is 0.347 e. The number of benzene rings is 1. The highest BCUT2D eigenvalue weighted by atomic mass is 79.9. The van der Waals surface area contributed by atoms with Gasteiger partial charge in [0.05, 0.1) is 19.7 Å². The van der Waals surface area contributed by atoms with E-state index in [1.807, 2.05) is 24.3 Å². The first-order valence-electron chi connectivity index (χ1n) is 5.30. The van der Waals surface area contributed by atoms with Gasteiger partial charge in [-0.25, -0.2) is 9.48 Å². The van der Waals surface area contributed by atoms with Crippen LogP contribution in [0.5, 0.6) is 0 Å². The molecule has 0 aliphatic heterocycles. The van der Waals surface area contributed by atoms with Crippen LogP contribution in [-0.2, 0) is 13.1 Å². The van der Waals surface area contributed by atoms with E-state index in [0.29, 0.717) is 11.3 Å². The van der Waals surface area contributed by atoms with E-state index < -0.39 is 0 Å². The van der Waals surface area contributed by atoms with Gasteiger partial charge in [0.2, 0.25) is 4.73 Å². The van der Waals surface area contributed by atoms with E-state index in [1.54, 1.807) is 0 Å². The van der Waals surface area contributed by atoms with E-state index in [4.69, 9.17) is 5.11 Å². The van der Waals surface area contributed by atoms with Gasteiger partial charge < -0.3 is 5.11 Å². The zero-order chi connectivity index (χ0) is 13.1. The molecule has 0 fully saturated rings. The average molecular weight is 377 g/mol. The fourth-order valence-electron chi connectivity index (χ4n) is 1.57. The van der Waals surface area contributed by atoms with E-state index in [0.717, 1.165) is 10.0 Å². The highest BCUT2D eigenvalue weighted by Crippen LogP contribution is 2.11. The van der Waals surface area contributed by atoms with Crippen LogP contribution >= 0.6 is 31.9 Å². The van der Waals surface area contributed by atoms with Crippen LogP contribution in [-0.4, -0.2) is 26.1 Å². The quantitative estimate of drug-likeness (QED) is 0.881. The molecule has 0 saturated carbocycles. The minimum atomic E-state index is -0.237. The summed E-state index contributed by atoms with van der Waals surface area (Å²) in [4.78, 5) is 12.0. The van der Waals surface area contributed by atoms with Gasteiger partial charge in [-0.2, -0.15) is 0 Å². The first kappa shape index (κ1) is 13.5. The van der Waals surface area contributed by atoms with E-state index >= 15 is 0 Å². The molecule has 2 aromatic rings. The van der Waals surface area contributed by atoms with Gasteiger partial charge in [-0.3, -0.25) is 4.57 Å². The average Bonchev–Trinajstić information content (AvgIpc) is 2.60. The van der Waals surface area contributed by atoms with Gasteiger partial charge in [-0.05, 0) is 33.6 Å². The van der Waals surface area contributed by atoms with Crippen molar-refractivity contribution in [3.05, 3.63) is 49.5 Å². The summed E-state index contributed by atoms with van der Waals surface area (Å²) in [6.45, 7) is 0.547. The van der Waals surface area contributed by atoms with Crippen molar-refractivity contribution in [1.82, 2.24) is 14.3 Å². The Morgan fingerprint density at radius 3 is 2.50 bits per heavy atom. The molecule has 1 aromatic heterocycles. The van der Waals surface area contributed by atoms with Crippen LogP contribution in [0.25, 0.3) is 0 Å². The fourth-order valence-corrected chi connectivity index (χ4v) is 2.35. The fraction of sp³-hybridized carbons (Fsp3) is 0.273. The standard InChI is InChI=1S/C11H11Br2N3O2/c12-9-3-1-8(2-4-9)7-16-11(18)15(5-6-17)10(13)14-16/h1-4,17H,5-7H2. The summed E-state index contributed by atoms with van der Waals surface area (Å²) in [5, 5.41) is 13.0. The van der Waals surface area contributed by atoms with Gasteiger partial charge >= 0.3 is 5.69 Å². The summed E-state index contributed by atoms with van der Waals surface area (Å²) < 4.78 is 4.17. The second-order valence-electron chi connectivity index (χ2n) is 3.71. The van der Waals surface area contributed by atoms with Crippen LogP contribution in [0.15, 0.2) is 38.3 Å². The second-order valence-corrected chi connectivity index (χ2v) is 5.34. The van der Waals surface area contributed by atoms with Crippen LogP contribution in [0, 0.1) is 0 Å². The molecular weight excluding hydrogens is 366 g/mol. The summed E-state index contributed by atoms with van der Waals surface area (Å²) in [5.41, 5.74) is 0.750. The van der Waals surface area contributed by atoms with Gasteiger partial charge in [0.25, 0.3) is 0 Å². The number of halogens is 2. The molecule has 0 amide bonds. The number of hydrogen-bond acceptors (Lipinski definition) is 3. The van der Waals surface area contributed by atoms with Crippen molar-refractivity contribution < 1.29 is 5.11 Å². The third-order valence-electron chi connectivity index (χ3n) is 2.45. The Bertz CT molecular complexity index is 589. The van der Waals surface area contributed by atoms with Crippen molar-refractivity contribution in [1.29, 1.82) is 0 Å². The third-order valence-corrected chi connectivity index (χ3v) is 3.56. The number of aromatic nitrogens is 3. The summed E-state index contributed by atoms with van der Waals surface area (Å²) in [6, 6.07) is 7.69. The maximum absolute atomic E-state index is 12.0. The largest absolute Gasteiger partial charge is 0.395 e. The molecule has 0 saturated heterocycles. The highest BCUT2D eigenvalue weighted by Gasteiger charge is 2.10. The predicted molar refractivity (Wildman–Crippen MR) is 74.5 cm³/mol. The molecule has 0 aliphatic carbocycles. The van der Waals surface area contributed by atoms with Crippen molar-refractivity contribution in [2.45, 2.75) is 13.1 Å². The van der Waals surface area contributed by atoms with Gasteiger partial charge in [0.15, 0.2) is 0 Å². The Labute approximate surface area is 120 Å².